The summed E-state index contributed by atoms with van der Waals surface area (Å²) >= 11 is 0. The average molecular weight is 336 g/mol. The van der Waals surface area contributed by atoms with E-state index in [1.54, 1.807) is 9.21 Å². The van der Waals surface area contributed by atoms with Crippen LogP contribution in [0.15, 0.2) is 24.3 Å². The number of hydrogen-bond donors (Lipinski definition) is 0. The molecule has 1 heterocycles. The molecule has 0 atom stereocenters. The van der Waals surface area contributed by atoms with Crippen LogP contribution in [-0.2, 0) is 21.2 Å². The second kappa shape index (κ2) is 6.61. The fourth-order valence-corrected chi connectivity index (χ4v) is 4.92. The number of sulfonamides is 1. The minimum atomic E-state index is -3.27. The van der Waals surface area contributed by atoms with Crippen molar-refractivity contribution in [1.82, 2.24) is 4.31 Å². The molecule has 1 aliphatic heterocycles. The van der Waals surface area contributed by atoms with Gasteiger partial charge in [-0.2, -0.15) is 4.31 Å². The minimum Gasteiger partial charge on any atom is -0.312 e. The Morgan fingerprint density at radius 2 is 1.96 bits per heavy atom. The van der Waals surface area contributed by atoms with Gasteiger partial charge < -0.3 is 4.90 Å². The van der Waals surface area contributed by atoms with E-state index in [2.05, 4.69) is 0 Å². The number of carbonyl (C=O) groups excluding carboxylic acids is 1. The molecule has 1 aliphatic carbocycles. The van der Waals surface area contributed by atoms with Crippen LogP contribution in [0.2, 0.25) is 0 Å². The van der Waals surface area contributed by atoms with Gasteiger partial charge in [-0.15, -0.1) is 0 Å². The van der Waals surface area contributed by atoms with Crippen molar-refractivity contribution in [2.75, 3.05) is 24.2 Å². The molecular formula is C17H24N2O3S. The highest BCUT2D eigenvalue weighted by Crippen LogP contribution is 2.29. The lowest BCUT2D eigenvalue weighted by molar-refractivity contribution is -0.118. The maximum absolute atomic E-state index is 12.6. The lowest BCUT2D eigenvalue weighted by Crippen LogP contribution is -2.41. The van der Waals surface area contributed by atoms with Crippen LogP contribution in [0.3, 0.4) is 0 Å². The first-order chi connectivity index (χ1) is 11.0. The van der Waals surface area contributed by atoms with Crippen LogP contribution in [0.5, 0.6) is 0 Å². The zero-order chi connectivity index (χ0) is 16.4. The molecule has 3 rings (SSSR count). The van der Waals surface area contributed by atoms with E-state index in [0.29, 0.717) is 13.1 Å². The second-order valence-electron chi connectivity index (χ2n) is 6.49. The van der Waals surface area contributed by atoms with E-state index in [-0.39, 0.29) is 18.4 Å². The number of amides is 1. The van der Waals surface area contributed by atoms with E-state index in [4.69, 9.17) is 0 Å². The third kappa shape index (κ3) is 3.58. The summed E-state index contributed by atoms with van der Waals surface area (Å²) < 4.78 is 25.6. The lowest BCUT2D eigenvalue weighted by Gasteiger charge is -2.27. The van der Waals surface area contributed by atoms with E-state index in [1.165, 1.54) is 11.8 Å². The molecule has 1 amide bonds. The van der Waals surface area contributed by atoms with E-state index in [0.717, 1.165) is 37.8 Å². The van der Waals surface area contributed by atoms with Crippen molar-refractivity contribution in [3.63, 3.8) is 0 Å². The molecule has 1 fully saturated rings. The SMILES string of the molecule is CS(=O)(=O)N(CCC(=O)N1CCc2ccccc21)C1CCCC1. The van der Waals surface area contributed by atoms with Gasteiger partial charge in [0.15, 0.2) is 0 Å². The van der Waals surface area contributed by atoms with Gasteiger partial charge in [-0.3, -0.25) is 4.79 Å². The van der Waals surface area contributed by atoms with E-state index in [9.17, 15) is 13.2 Å². The van der Waals surface area contributed by atoms with Crippen LogP contribution in [0.1, 0.15) is 37.7 Å². The zero-order valence-corrected chi connectivity index (χ0v) is 14.4. The smallest absolute Gasteiger partial charge is 0.228 e. The first kappa shape index (κ1) is 16.5. The number of hydrogen-bond acceptors (Lipinski definition) is 3. The molecule has 6 heteroatoms. The molecule has 0 bridgehead atoms. The van der Waals surface area contributed by atoms with Gasteiger partial charge in [0.1, 0.15) is 0 Å². The van der Waals surface area contributed by atoms with Crippen LogP contribution in [0, 0.1) is 0 Å². The van der Waals surface area contributed by atoms with Crippen LogP contribution in [0.4, 0.5) is 5.69 Å². The van der Waals surface area contributed by atoms with Gasteiger partial charge in [0.05, 0.1) is 6.26 Å². The Bertz CT molecular complexity index is 681. The molecule has 2 aliphatic rings. The highest BCUT2D eigenvalue weighted by Gasteiger charge is 2.31. The summed E-state index contributed by atoms with van der Waals surface area (Å²) in [7, 11) is -3.27. The van der Waals surface area contributed by atoms with Crippen LogP contribution in [-0.4, -0.2) is 44.0 Å². The molecule has 126 valence electrons. The molecule has 1 aromatic rings. The molecule has 0 aromatic heterocycles. The van der Waals surface area contributed by atoms with Gasteiger partial charge in [-0.1, -0.05) is 31.0 Å². The quantitative estimate of drug-likeness (QED) is 0.828. The Hall–Kier alpha value is -1.40. The number of anilines is 1. The highest BCUT2D eigenvalue weighted by atomic mass is 32.2. The van der Waals surface area contributed by atoms with Gasteiger partial charge in [-0.05, 0) is 30.9 Å². The molecule has 1 aromatic carbocycles. The van der Waals surface area contributed by atoms with Gasteiger partial charge in [0, 0.05) is 31.2 Å². The number of para-hydroxylation sites is 1. The standard InChI is InChI=1S/C17H24N2O3S/c1-23(21,22)19(15-7-3-4-8-15)13-11-17(20)18-12-10-14-6-2-5-9-16(14)18/h2,5-6,9,15H,3-4,7-8,10-13H2,1H3. The molecule has 23 heavy (non-hydrogen) atoms. The normalized spacial score (nSPS) is 18.6. The third-order valence-corrected chi connectivity index (χ3v) is 6.22. The van der Waals surface area contributed by atoms with Crippen molar-refractivity contribution in [3.05, 3.63) is 29.8 Å². The van der Waals surface area contributed by atoms with Gasteiger partial charge in [0.25, 0.3) is 0 Å². The first-order valence-corrected chi connectivity index (χ1v) is 10.2. The summed E-state index contributed by atoms with van der Waals surface area (Å²) in [6, 6.07) is 8.00. The molecule has 0 radical (unpaired) electrons. The van der Waals surface area contributed by atoms with Crippen LogP contribution < -0.4 is 4.90 Å². The fraction of sp³-hybridized carbons (Fsp3) is 0.588. The predicted octanol–water partition coefficient (Wildman–Crippen LogP) is 2.17. The zero-order valence-electron chi connectivity index (χ0n) is 13.6. The van der Waals surface area contributed by atoms with Crippen LogP contribution >= 0.6 is 0 Å². The van der Waals surface area contributed by atoms with Gasteiger partial charge in [0.2, 0.25) is 15.9 Å². The number of rotatable bonds is 5. The minimum absolute atomic E-state index is 0.0154. The summed E-state index contributed by atoms with van der Waals surface area (Å²) in [6.07, 6.45) is 6.34. The average Bonchev–Trinajstić information content (AvgIpc) is 3.15. The van der Waals surface area contributed by atoms with Crippen molar-refractivity contribution >= 4 is 21.6 Å². The molecular weight excluding hydrogens is 312 g/mol. The third-order valence-electron chi connectivity index (χ3n) is 4.89. The Morgan fingerprint density at radius 3 is 2.65 bits per heavy atom. The summed E-state index contributed by atoms with van der Waals surface area (Å²) in [5.41, 5.74) is 2.17. The highest BCUT2D eigenvalue weighted by molar-refractivity contribution is 7.88. The first-order valence-electron chi connectivity index (χ1n) is 8.32. The summed E-state index contributed by atoms with van der Waals surface area (Å²) in [6.45, 7) is 0.988. The second-order valence-corrected chi connectivity index (χ2v) is 8.42. The maximum atomic E-state index is 12.6. The Morgan fingerprint density at radius 1 is 1.26 bits per heavy atom. The maximum Gasteiger partial charge on any atom is 0.228 e. The number of fused-ring (bicyclic) bond motifs is 1. The van der Waals surface area contributed by atoms with Gasteiger partial charge in [-0.25, -0.2) is 8.42 Å². The lowest BCUT2D eigenvalue weighted by atomic mass is 10.2. The summed E-state index contributed by atoms with van der Waals surface area (Å²) in [5, 5.41) is 0. The topological polar surface area (TPSA) is 57.7 Å². The molecule has 5 nitrogen and oxygen atoms in total. The number of nitrogens with zero attached hydrogens (tertiary/aromatic N) is 2. The molecule has 0 saturated heterocycles. The van der Waals surface area contributed by atoms with Crippen molar-refractivity contribution in [3.8, 4) is 0 Å². The van der Waals surface area contributed by atoms with Gasteiger partial charge >= 0.3 is 0 Å². The van der Waals surface area contributed by atoms with Crippen molar-refractivity contribution in [2.24, 2.45) is 0 Å². The Balaban J connectivity index is 1.66. The number of carbonyl (C=O) groups is 1. The summed E-state index contributed by atoms with van der Waals surface area (Å²) in [5.74, 6) is 0.0154. The van der Waals surface area contributed by atoms with Crippen molar-refractivity contribution in [2.45, 2.75) is 44.6 Å². The molecule has 0 spiro atoms. The van der Waals surface area contributed by atoms with E-state index in [1.807, 2.05) is 24.3 Å². The monoisotopic (exact) mass is 336 g/mol. The van der Waals surface area contributed by atoms with E-state index >= 15 is 0 Å². The molecule has 1 saturated carbocycles. The Labute approximate surface area is 138 Å². The largest absolute Gasteiger partial charge is 0.312 e. The summed E-state index contributed by atoms with van der Waals surface area (Å²) in [4.78, 5) is 14.4. The van der Waals surface area contributed by atoms with E-state index < -0.39 is 10.0 Å². The molecule has 0 unspecified atom stereocenters. The van der Waals surface area contributed by atoms with Crippen LogP contribution in [0.25, 0.3) is 0 Å². The van der Waals surface area contributed by atoms with Crippen molar-refractivity contribution < 1.29 is 13.2 Å². The molecule has 0 N–H and O–H groups in total. The Kier molecular flexibility index (Phi) is 4.73. The van der Waals surface area contributed by atoms with Crippen molar-refractivity contribution in [1.29, 1.82) is 0 Å². The number of benzene rings is 1. The fourth-order valence-electron chi connectivity index (χ4n) is 3.75. The predicted molar refractivity (Wildman–Crippen MR) is 90.9 cm³/mol.